The highest BCUT2D eigenvalue weighted by molar-refractivity contribution is 6.55. The van der Waals surface area contributed by atoms with Crippen LogP contribution in [0.3, 0.4) is 0 Å². The van der Waals surface area contributed by atoms with Gasteiger partial charge in [-0.1, -0.05) is 141 Å². The summed E-state index contributed by atoms with van der Waals surface area (Å²) >= 11 is 0. The highest BCUT2D eigenvalue weighted by atomic mass is 16.2. The zero-order valence-electron chi connectivity index (χ0n) is 30.1. The summed E-state index contributed by atoms with van der Waals surface area (Å²) in [4.78, 5) is 41.1. The van der Waals surface area contributed by atoms with Crippen molar-refractivity contribution in [2.75, 3.05) is 9.80 Å². The molecule has 1 saturated carbocycles. The molecule has 0 saturated heterocycles. The van der Waals surface area contributed by atoms with Crippen LogP contribution in [0.25, 0.3) is 0 Å². The van der Waals surface area contributed by atoms with E-state index in [9.17, 15) is 9.59 Å². The molecule has 0 radical (unpaired) electrons. The summed E-state index contributed by atoms with van der Waals surface area (Å²) in [7, 11) is 0. The lowest BCUT2D eigenvalue weighted by Gasteiger charge is -2.38. The van der Waals surface area contributed by atoms with Crippen LogP contribution in [0.4, 0.5) is 22.7 Å². The van der Waals surface area contributed by atoms with Gasteiger partial charge < -0.3 is 9.80 Å². The standard InChI is InChI=1S/C48H40N4O2/c53-46-44(40-18-8-10-20-42(40)51(46)32-34-14-4-1-5-15-34)49-38-26-22-36(23-27-38)48(30-12-3-13-31-48)37-24-28-39(29-25-37)50-45-41-19-9-11-21-43(41)52(47(45)54)33-35-16-6-2-7-17-35/h1-2,4-11,14-29H,3,12-13,30-33H2. The van der Waals surface area contributed by atoms with Crippen LogP contribution >= 0.6 is 0 Å². The van der Waals surface area contributed by atoms with Gasteiger partial charge in [0, 0.05) is 16.5 Å². The van der Waals surface area contributed by atoms with Gasteiger partial charge in [0.1, 0.15) is 11.4 Å². The molecule has 1 fully saturated rings. The average molecular weight is 705 g/mol. The number of hydrogen-bond donors (Lipinski definition) is 0. The number of hydrogen-bond acceptors (Lipinski definition) is 4. The van der Waals surface area contributed by atoms with Crippen LogP contribution in [-0.2, 0) is 28.1 Å². The van der Waals surface area contributed by atoms with E-state index in [4.69, 9.17) is 9.98 Å². The van der Waals surface area contributed by atoms with Crippen molar-refractivity contribution in [3.8, 4) is 0 Å². The first-order chi connectivity index (χ1) is 26.6. The molecule has 0 unspecified atom stereocenters. The molecule has 2 amide bonds. The highest BCUT2D eigenvalue weighted by Gasteiger charge is 2.37. The van der Waals surface area contributed by atoms with E-state index in [2.05, 4.69) is 48.5 Å². The highest BCUT2D eigenvalue weighted by Crippen LogP contribution is 2.46. The molecule has 1 aliphatic carbocycles. The molecule has 9 rings (SSSR count). The van der Waals surface area contributed by atoms with Crippen LogP contribution in [0.2, 0.25) is 0 Å². The Balaban J connectivity index is 0.988. The van der Waals surface area contributed by atoms with Crippen LogP contribution in [0, 0.1) is 0 Å². The number of anilines is 2. The summed E-state index contributed by atoms with van der Waals surface area (Å²) < 4.78 is 0. The van der Waals surface area contributed by atoms with Crippen molar-refractivity contribution in [1.29, 1.82) is 0 Å². The van der Waals surface area contributed by atoms with Gasteiger partial charge in [0.25, 0.3) is 11.8 Å². The number of nitrogens with zero attached hydrogens (tertiary/aromatic N) is 4. The molecule has 3 aliphatic rings. The monoisotopic (exact) mass is 704 g/mol. The number of para-hydroxylation sites is 2. The molecule has 0 bridgehead atoms. The lowest BCUT2D eigenvalue weighted by Crippen LogP contribution is -2.30. The van der Waals surface area contributed by atoms with Gasteiger partial charge in [-0.3, -0.25) is 9.59 Å². The number of rotatable bonds is 8. The van der Waals surface area contributed by atoms with E-state index in [0.717, 1.165) is 70.7 Å². The molecule has 0 aromatic heterocycles. The maximum Gasteiger partial charge on any atom is 0.277 e. The second-order valence-electron chi connectivity index (χ2n) is 14.4. The third kappa shape index (κ3) is 6.13. The number of aliphatic imine (C=N–C) groups is 2. The van der Waals surface area contributed by atoms with E-state index in [-0.39, 0.29) is 17.2 Å². The first-order valence-corrected chi connectivity index (χ1v) is 18.9. The van der Waals surface area contributed by atoms with Crippen LogP contribution in [0.15, 0.2) is 168 Å². The third-order valence-corrected chi connectivity index (χ3v) is 11.2. The Labute approximate surface area is 316 Å². The van der Waals surface area contributed by atoms with E-state index in [1.54, 1.807) is 0 Å². The van der Waals surface area contributed by atoms with E-state index in [0.29, 0.717) is 24.5 Å². The number of fused-ring (bicyclic) bond motifs is 2. The van der Waals surface area contributed by atoms with Gasteiger partial charge in [0.2, 0.25) is 0 Å². The number of carbonyl (C=O) groups excluding carboxylic acids is 2. The number of benzene rings is 6. The summed E-state index contributed by atoms with van der Waals surface area (Å²) in [6.45, 7) is 0.998. The fourth-order valence-electron chi connectivity index (χ4n) is 8.45. The van der Waals surface area contributed by atoms with Gasteiger partial charge in [0.05, 0.1) is 35.8 Å². The molecule has 6 nitrogen and oxygen atoms in total. The van der Waals surface area contributed by atoms with Crippen LogP contribution in [-0.4, -0.2) is 23.2 Å². The van der Waals surface area contributed by atoms with Crippen LogP contribution < -0.4 is 9.80 Å². The van der Waals surface area contributed by atoms with E-state index < -0.39 is 0 Å². The lowest BCUT2D eigenvalue weighted by atomic mass is 9.65. The summed E-state index contributed by atoms with van der Waals surface area (Å²) in [6.07, 6.45) is 5.63. The largest absolute Gasteiger partial charge is 0.302 e. The second-order valence-corrected chi connectivity index (χ2v) is 14.4. The summed E-state index contributed by atoms with van der Waals surface area (Å²) in [5.41, 5.74) is 10.5. The second kappa shape index (κ2) is 14.2. The predicted octanol–water partition coefficient (Wildman–Crippen LogP) is 10.3. The smallest absolute Gasteiger partial charge is 0.277 e. The Kier molecular flexibility index (Phi) is 8.79. The molecule has 2 aliphatic heterocycles. The topological polar surface area (TPSA) is 65.3 Å². The predicted molar refractivity (Wildman–Crippen MR) is 217 cm³/mol. The van der Waals surface area contributed by atoms with Crippen molar-refractivity contribution in [2.45, 2.75) is 50.6 Å². The first kappa shape index (κ1) is 33.4. The normalized spacial score (nSPS) is 17.6. The van der Waals surface area contributed by atoms with Crippen molar-refractivity contribution in [1.82, 2.24) is 0 Å². The lowest BCUT2D eigenvalue weighted by molar-refractivity contribution is -0.113. The molecule has 264 valence electrons. The molecule has 0 spiro atoms. The fourth-order valence-corrected chi connectivity index (χ4v) is 8.45. The molecular weight excluding hydrogens is 665 g/mol. The third-order valence-electron chi connectivity index (χ3n) is 11.2. The van der Waals surface area contributed by atoms with Crippen LogP contribution in [0.1, 0.15) is 65.5 Å². The van der Waals surface area contributed by atoms with Crippen molar-refractivity contribution in [3.63, 3.8) is 0 Å². The molecule has 0 N–H and O–H groups in total. The molecule has 54 heavy (non-hydrogen) atoms. The zero-order chi connectivity index (χ0) is 36.5. The minimum absolute atomic E-state index is 0.0803. The zero-order valence-corrected chi connectivity index (χ0v) is 30.1. The van der Waals surface area contributed by atoms with E-state index >= 15 is 0 Å². The summed E-state index contributed by atoms with van der Waals surface area (Å²) in [5.74, 6) is -0.161. The molecule has 6 aromatic rings. The quantitative estimate of drug-likeness (QED) is 0.158. The summed E-state index contributed by atoms with van der Waals surface area (Å²) in [5, 5.41) is 0. The van der Waals surface area contributed by atoms with E-state index in [1.165, 1.54) is 17.5 Å². The van der Waals surface area contributed by atoms with Gasteiger partial charge in [-0.2, -0.15) is 0 Å². The van der Waals surface area contributed by atoms with E-state index in [1.807, 2.05) is 119 Å². The summed E-state index contributed by atoms with van der Waals surface area (Å²) in [6, 6.07) is 53.0. The Bertz CT molecular complexity index is 2230. The van der Waals surface area contributed by atoms with Crippen molar-refractivity contribution < 1.29 is 9.59 Å². The number of amides is 2. The minimum atomic E-state index is -0.139. The molecule has 6 aromatic carbocycles. The Morgan fingerprint density at radius 2 is 0.833 bits per heavy atom. The molecule has 6 heteroatoms. The maximum atomic E-state index is 13.8. The average Bonchev–Trinajstić information content (AvgIpc) is 3.64. The first-order valence-electron chi connectivity index (χ1n) is 18.9. The van der Waals surface area contributed by atoms with Gasteiger partial charge >= 0.3 is 0 Å². The molecule has 0 atom stereocenters. The Hall–Kier alpha value is -6.40. The molecule has 2 heterocycles. The van der Waals surface area contributed by atoms with Gasteiger partial charge in [-0.15, -0.1) is 0 Å². The van der Waals surface area contributed by atoms with Crippen LogP contribution in [0.5, 0.6) is 0 Å². The van der Waals surface area contributed by atoms with Gasteiger partial charge in [-0.05, 0) is 71.5 Å². The van der Waals surface area contributed by atoms with Crippen molar-refractivity contribution in [3.05, 3.63) is 191 Å². The van der Waals surface area contributed by atoms with Gasteiger partial charge in [-0.25, -0.2) is 9.98 Å². The maximum absolute atomic E-state index is 13.8. The van der Waals surface area contributed by atoms with Crippen molar-refractivity contribution >= 4 is 46.0 Å². The fraction of sp³-hybridized carbons (Fsp3) is 0.167. The van der Waals surface area contributed by atoms with Gasteiger partial charge in [0.15, 0.2) is 0 Å². The van der Waals surface area contributed by atoms with Crippen molar-refractivity contribution in [2.24, 2.45) is 9.98 Å². The molecular formula is C48H40N4O2. The SMILES string of the molecule is O=C1C(=Nc2ccc(C3(c4ccc(N=C5C(=O)N(Cc6ccccc6)c6ccccc65)cc4)CCCCC3)cc2)c2ccccc2N1Cc1ccccc1. The minimum Gasteiger partial charge on any atom is -0.302 e. The Morgan fingerprint density at radius 3 is 1.26 bits per heavy atom. The number of carbonyl (C=O) groups is 2. The Morgan fingerprint density at radius 1 is 0.444 bits per heavy atom.